The molecule has 1 saturated carbocycles. The normalized spacial score (nSPS) is 21.3. The monoisotopic (exact) mass is 336 g/mol. The Balaban J connectivity index is 1.46. The van der Waals surface area contributed by atoms with Crippen LogP contribution in [-0.4, -0.2) is 23.0 Å². The van der Waals surface area contributed by atoms with E-state index >= 15 is 0 Å². The zero-order chi connectivity index (χ0) is 15.4. The van der Waals surface area contributed by atoms with Gasteiger partial charge in [0.25, 0.3) is 5.91 Å². The first-order valence-corrected chi connectivity index (χ1v) is 8.59. The lowest BCUT2D eigenvalue weighted by molar-refractivity contribution is 0.0894. The molecule has 0 spiro atoms. The van der Waals surface area contributed by atoms with Gasteiger partial charge in [0.2, 0.25) is 5.88 Å². The van der Waals surface area contributed by atoms with Crippen LogP contribution in [0.2, 0.25) is 5.02 Å². The molecule has 3 rings (SSSR count). The molecular weight excluding hydrogens is 320 g/mol. The van der Waals surface area contributed by atoms with Gasteiger partial charge < -0.3 is 10.1 Å². The van der Waals surface area contributed by atoms with Gasteiger partial charge in [0, 0.05) is 18.3 Å². The van der Waals surface area contributed by atoms with Crippen molar-refractivity contribution in [2.45, 2.75) is 37.8 Å². The maximum absolute atomic E-state index is 12.0. The fourth-order valence-electron chi connectivity index (χ4n) is 2.59. The highest BCUT2D eigenvalue weighted by Crippen LogP contribution is 2.24. The van der Waals surface area contributed by atoms with E-state index in [1.54, 1.807) is 18.3 Å². The molecule has 2 aromatic heterocycles. The van der Waals surface area contributed by atoms with Crippen molar-refractivity contribution < 1.29 is 9.53 Å². The van der Waals surface area contributed by atoms with Crippen LogP contribution < -0.4 is 10.1 Å². The second-order valence-corrected chi connectivity index (χ2v) is 6.74. The number of pyridine rings is 1. The highest BCUT2D eigenvalue weighted by Gasteiger charge is 2.24. The van der Waals surface area contributed by atoms with Crippen molar-refractivity contribution >= 4 is 28.8 Å². The number of hydrogen-bond donors (Lipinski definition) is 1. The van der Waals surface area contributed by atoms with E-state index in [1.165, 1.54) is 11.3 Å². The molecule has 4 nitrogen and oxygen atoms in total. The van der Waals surface area contributed by atoms with Gasteiger partial charge in [-0.25, -0.2) is 4.98 Å². The lowest BCUT2D eigenvalue weighted by atomic mass is 9.93. The van der Waals surface area contributed by atoms with E-state index in [0.717, 1.165) is 30.6 Å². The van der Waals surface area contributed by atoms with Crippen molar-refractivity contribution in [2.24, 2.45) is 0 Å². The molecule has 2 aromatic rings. The third kappa shape index (κ3) is 3.99. The molecule has 1 fully saturated rings. The van der Waals surface area contributed by atoms with Crippen molar-refractivity contribution in [3.8, 4) is 5.88 Å². The fraction of sp³-hybridized carbons (Fsp3) is 0.375. The molecule has 0 aromatic carbocycles. The van der Waals surface area contributed by atoms with Crippen LogP contribution in [0, 0.1) is 0 Å². The Labute approximate surface area is 138 Å². The fourth-order valence-corrected chi connectivity index (χ4v) is 3.33. The summed E-state index contributed by atoms with van der Waals surface area (Å²) in [6.07, 6.45) is 5.43. The van der Waals surface area contributed by atoms with Gasteiger partial charge in [-0.2, -0.15) is 0 Å². The molecule has 0 bridgehead atoms. The van der Waals surface area contributed by atoms with Gasteiger partial charge in [0.1, 0.15) is 6.10 Å². The Morgan fingerprint density at radius 2 is 2.09 bits per heavy atom. The quantitative estimate of drug-likeness (QED) is 0.920. The highest BCUT2D eigenvalue weighted by atomic mass is 35.5. The average Bonchev–Trinajstić information content (AvgIpc) is 3.06. The summed E-state index contributed by atoms with van der Waals surface area (Å²) in [6, 6.07) is 7.53. The van der Waals surface area contributed by atoms with E-state index in [0.29, 0.717) is 10.9 Å². The second kappa shape index (κ2) is 7.11. The summed E-state index contributed by atoms with van der Waals surface area (Å²) in [7, 11) is 0. The smallest absolute Gasteiger partial charge is 0.261 e. The summed E-state index contributed by atoms with van der Waals surface area (Å²) >= 11 is 7.27. The lowest BCUT2D eigenvalue weighted by Crippen LogP contribution is -2.39. The maximum atomic E-state index is 12.0. The number of thiophene rings is 1. The molecule has 0 aliphatic heterocycles. The van der Waals surface area contributed by atoms with Crippen molar-refractivity contribution in [1.82, 2.24) is 10.3 Å². The van der Waals surface area contributed by atoms with Gasteiger partial charge in [0.15, 0.2) is 0 Å². The molecular formula is C16H17ClN2O2S. The van der Waals surface area contributed by atoms with Gasteiger partial charge in [-0.15, -0.1) is 11.3 Å². The van der Waals surface area contributed by atoms with E-state index in [-0.39, 0.29) is 18.1 Å². The van der Waals surface area contributed by atoms with Gasteiger partial charge in [0.05, 0.1) is 9.90 Å². The number of carbonyl (C=O) groups excluding carboxylic acids is 1. The largest absolute Gasteiger partial charge is 0.474 e. The molecule has 1 aliphatic carbocycles. The number of amides is 1. The van der Waals surface area contributed by atoms with Crippen molar-refractivity contribution in [3.05, 3.63) is 45.7 Å². The van der Waals surface area contributed by atoms with Crippen molar-refractivity contribution in [2.75, 3.05) is 0 Å². The Kier molecular flexibility index (Phi) is 4.95. The minimum Gasteiger partial charge on any atom is -0.474 e. The van der Waals surface area contributed by atoms with Crippen LogP contribution in [0.15, 0.2) is 35.8 Å². The highest BCUT2D eigenvalue weighted by molar-refractivity contribution is 7.12. The molecule has 22 heavy (non-hydrogen) atoms. The molecule has 2 heterocycles. The zero-order valence-corrected chi connectivity index (χ0v) is 13.6. The number of rotatable bonds is 4. The van der Waals surface area contributed by atoms with Gasteiger partial charge in [-0.05, 0) is 43.2 Å². The summed E-state index contributed by atoms with van der Waals surface area (Å²) in [5, 5.41) is 5.62. The Morgan fingerprint density at radius 3 is 2.73 bits per heavy atom. The minimum absolute atomic E-state index is 0.0266. The van der Waals surface area contributed by atoms with E-state index in [9.17, 15) is 4.79 Å². The first-order chi connectivity index (χ1) is 10.7. The van der Waals surface area contributed by atoms with E-state index in [2.05, 4.69) is 10.3 Å². The number of nitrogens with one attached hydrogen (secondary N) is 1. The Bertz CT molecular complexity index is 608. The van der Waals surface area contributed by atoms with Crippen LogP contribution in [0.1, 0.15) is 35.4 Å². The van der Waals surface area contributed by atoms with Crippen LogP contribution in [0.25, 0.3) is 0 Å². The number of carbonyl (C=O) groups is 1. The predicted octanol–water partition coefficient (Wildman–Crippen LogP) is 3.92. The minimum atomic E-state index is 0.0266. The molecule has 6 heteroatoms. The second-order valence-electron chi connectivity index (χ2n) is 5.36. The van der Waals surface area contributed by atoms with Gasteiger partial charge in [-0.1, -0.05) is 17.7 Å². The Hall–Kier alpha value is -1.59. The van der Waals surface area contributed by atoms with E-state index in [4.69, 9.17) is 16.3 Å². The van der Waals surface area contributed by atoms with Crippen LogP contribution in [0.3, 0.4) is 0 Å². The third-order valence-corrected chi connectivity index (χ3v) is 4.83. The molecule has 1 N–H and O–H groups in total. The average molecular weight is 337 g/mol. The molecule has 0 saturated heterocycles. The topological polar surface area (TPSA) is 51.2 Å². The van der Waals surface area contributed by atoms with E-state index in [1.807, 2.05) is 17.5 Å². The third-order valence-electron chi connectivity index (χ3n) is 3.74. The standard InChI is InChI=1S/C16H17ClN2O2S/c17-11-3-8-15(18-10-11)21-13-6-4-12(5-7-13)19-16(20)14-2-1-9-22-14/h1-3,8-10,12-13H,4-7H2,(H,19,20). The molecule has 1 aliphatic rings. The van der Waals surface area contributed by atoms with Crippen LogP contribution in [-0.2, 0) is 0 Å². The van der Waals surface area contributed by atoms with Crippen molar-refractivity contribution in [1.29, 1.82) is 0 Å². The number of ether oxygens (including phenoxy) is 1. The van der Waals surface area contributed by atoms with Crippen LogP contribution in [0.4, 0.5) is 0 Å². The number of hydrogen-bond acceptors (Lipinski definition) is 4. The lowest BCUT2D eigenvalue weighted by Gasteiger charge is -2.29. The molecule has 0 radical (unpaired) electrons. The van der Waals surface area contributed by atoms with Crippen molar-refractivity contribution in [3.63, 3.8) is 0 Å². The van der Waals surface area contributed by atoms with Crippen LogP contribution in [0.5, 0.6) is 5.88 Å². The maximum Gasteiger partial charge on any atom is 0.261 e. The first kappa shape index (κ1) is 15.3. The summed E-state index contributed by atoms with van der Waals surface area (Å²) in [5.74, 6) is 0.634. The van der Waals surface area contributed by atoms with E-state index < -0.39 is 0 Å². The van der Waals surface area contributed by atoms with Gasteiger partial charge in [-0.3, -0.25) is 4.79 Å². The summed E-state index contributed by atoms with van der Waals surface area (Å²) in [4.78, 5) is 16.9. The Morgan fingerprint density at radius 1 is 1.27 bits per heavy atom. The van der Waals surface area contributed by atoms with Crippen LogP contribution >= 0.6 is 22.9 Å². The molecule has 1 amide bonds. The number of halogens is 1. The number of aromatic nitrogens is 1. The first-order valence-electron chi connectivity index (χ1n) is 7.33. The molecule has 0 atom stereocenters. The summed E-state index contributed by atoms with van der Waals surface area (Å²) < 4.78 is 5.86. The zero-order valence-electron chi connectivity index (χ0n) is 12.0. The SMILES string of the molecule is O=C(NC1CCC(Oc2ccc(Cl)cn2)CC1)c1cccs1. The molecule has 0 unspecified atom stereocenters. The summed E-state index contributed by atoms with van der Waals surface area (Å²) in [6.45, 7) is 0. The van der Waals surface area contributed by atoms with Gasteiger partial charge >= 0.3 is 0 Å². The molecule has 116 valence electrons. The predicted molar refractivity (Wildman–Crippen MR) is 87.7 cm³/mol. The number of nitrogens with zero attached hydrogens (tertiary/aromatic N) is 1. The summed E-state index contributed by atoms with van der Waals surface area (Å²) in [5.41, 5.74) is 0.